The molecule has 1 aromatic rings. The summed E-state index contributed by atoms with van der Waals surface area (Å²) in [6, 6.07) is 7.76. The average Bonchev–Trinajstić information content (AvgIpc) is 2.51. The van der Waals surface area contributed by atoms with E-state index in [1.54, 1.807) is 0 Å². The van der Waals surface area contributed by atoms with Crippen LogP contribution in [0.4, 0.5) is 5.69 Å². The van der Waals surface area contributed by atoms with Crippen molar-refractivity contribution >= 4 is 11.6 Å². The van der Waals surface area contributed by atoms with Crippen molar-refractivity contribution in [2.75, 3.05) is 18.1 Å². The van der Waals surface area contributed by atoms with E-state index < -0.39 is 0 Å². The first kappa shape index (κ1) is 11.0. The minimum atomic E-state index is 0.195. The minimum Gasteiger partial charge on any atom is -0.491 e. The molecule has 2 rings (SSSR count). The van der Waals surface area contributed by atoms with Crippen molar-refractivity contribution in [2.45, 2.75) is 26.2 Å². The van der Waals surface area contributed by atoms with Gasteiger partial charge in [0.15, 0.2) is 0 Å². The second kappa shape index (κ2) is 5.01. The zero-order chi connectivity index (χ0) is 11.4. The molecular weight excluding hydrogens is 202 g/mol. The molecular formula is C13H17NO2. The van der Waals surface area contributed by atoms with Crippen LogP contribution in [-0.2, 0) is 4.79 Å². The Balaban J connectivity index is 2.28. The third kappa shape index (κ3) is 2.18. The average molecular weight is 219 g/mol. The van der Waals surface area contributed by atoms with Crippen molar-refractivity contribution in [2.24, 2.45) is 0 Å². The number of carbonyl (C=O) groups is 1. The second-order valence-corrected chi connectivity index (χ2v) is 3.97. The normalized spacial score (nSPS) is 14.9. The fourth-order valence-electron chi connectivity index (χ4n) is 1.94. The van der Waals surface area contributed by atoms with Gasteiger partial charge in [0, 0.05) is 13.0 Å². The molecule has 3 nitrogen and oxygen atoms in total. The molecule has 1 aliphatic rings. The highest BCUT2D eigenvalue weighted by Gasteiger charge is 2.20. The van der Waals surface area contributed by atoms with Crippen molar-refractivity contribution in [1.82, 2.24) is 0 Å². The maximum absolute atomic E-state index is 12.0. The summed E-state index contributed by atoms with van der Waals surface area (Å²) >= 11 is 0. The van der Waals surface area contributed by atoms with Crippen molar-refractivity contribution in [3.05, 3.63) is 24.3 Å². The van der Waals surface area contributed by atoms with Crippen LogP contribution >= 0.6 is 0 Å². The third-order valence-corrected chi connectivity index (χ3v) is 2.70. The summed E-state index contributed by atoms with van der Waals surface area (Å²) in [4.78, 5) is 13.8. The summed E-state index contributed by atoms with van der Waals surface area (Å²) in [5.41, 5.74) is 0.915. The Morgan fingerprint density at radius 3 is 3.06 bits per heavy atom. The van der Waals surface area contributed by atoms with Crippen LogP contribution in [0.25, 0.3) is 0 Å². The molecule has 0 spiro atoms. The Bertz CT molecular complexity index is 376. The topological polar surface area (TPSA) is 29.5 Å². The van der Waals surface area contributed by atoms with Crippen molar-refractivity contribution in [1.29, 1.82) is 0 Å². The summed E-state index contributed by atoms with van der Waals surface area (Å²) in [7, 11) is 0. The lowest BCUT2D eigenvalue weighted by atomic mass is 10.2. The molecule has 0 fully saturated rings. The maximum Gasteiger partial charge on any atom is 0.227 e. The van der Waals surface area contributed by atoms with Crippen LogP contribution in [0.2, 0.25) is 0 Å². The second-order valence-electron chi connectivity index (χ2n) is 3.97. The molecule has 0 bridgehead atoms. The van der Waals surface area contributed by atoms with Gasteiger partial charge in [0.05, 0.1) is 12.3 Å². The van der Waals surface area contributed by atoms with E-state index >= 15 is 0 Å². The number of benzene rings is 1. The molecule has 86 valence electrons. The van der Waals surface area contributed by atoms with Crippen molar-refractivity contribution in [3.8, 4) is 5.75 Å². The van der Waals surface area contributed by atoms with Crippen LogP contribution in [0.1, 0.15) is 26.2 Å². The molecule has 0 saturated heterocycles. The largest absolute Gasteiger partial charge is 0.491 e. The number of ether oxygens (including phenoxy) is 1. The highest BCUT2D eigenvalue weighted by molar-refractivity contribution is 5.94. The molecule has 0 saturated carbocycles. The Labute approximate surface area is 96.0 Å². The molecule has 0 radical (unpaired) electrons. The van der Waals surface area contributed by atoms with Gasteiger partial charge >= 0.3 is 0 Å². The van der Waals surface area contributed by atoms with Gasteiger partial charge in [-0.3, -0.25) is 4.79 Å². The Hall–Kier alpha value is -1.51. The lowest BCUT2D eigenvalue weighted by Gasteiger charge is -2.21. The van der Waals surface area contributed by atoms with Gasteiger partial charge in [0.1, 0.15) is 5.75 Å². The molecule has 16 heavy (non-hydrogen) atoms. The fraction of sp³-hybridized carbons (Fsp3) is 0.462. The molecule has 0 aliphatic carbocycles. The van der Waals surface area contributed by atoms with Crippen LogP contribution in [0.5, 0.6) is 5.75 Å². The summed E-state index contributed by atoms with van der Waals surface area (Å²) in [6.07, 6.45) is 2.39. The number of para-hydroxylation sites is 2. The SMILES string of the molecule is CCCC(=O)N1CCCOc2ccccc21. The molecule has 0 aromatic heterocycles. The van der Waals surface area contributed by atoms with E-state index in [-0.39, 0.29) is 5.91 Å². The van der Waals surface area contributed by atoms with Crippen LogP contribution in [0.15, 0.2) is 24.3 Å². The lowest BCUT2D eigenvalue weighted by molar-refractivity contribution is -0.118. The lowest BCUT2D eigenvalue weighted by Crippen LogP contribution is -2.31. The molecule has 0 N–H and O–H groups in total. The molecule has 1 heterocycles. The van der Waals surface area contributed by atoms with Gasteiger partial charge in [-0.25, -0.2) is 0 Å². The van der Waals surface area contributed by atoms with Crippen molar-refractivity contribution in [3.63, 3.8) is 0 Å². The van der Waals surface area contributed by atoms with E-state index in [0.29, 0.717) is 13.0 Å². The summed E-state index contributed by atoms with van der Waals surface area (Å²) in [6.45, 7) is 3.47. The smallest absolute Gasteiger partial charge is 0.227 e. The quantitative estimate of drug-likeness (QED) is 0.765. The van der Waals surface area contributed by atoms with E-state index in [1.165, 1.54) is 0 Å². The Morgan fingerprint density at radius 2 is 2.25 bits per heavy atom. The highest BCUT2D eigenvalue weighted by atomic mass is 16.5. The van der Waals surface area contributed by atoms with Crippen LogP contribution in [0, 0.1) is 0 Å². The summed E-state index contributed by atoms with van der Waals surface area (Å²) < 4.78 is 5.61. The van der Waals surface area contributed by atoms with Crippen LogP contribution in [-0.4, -0.2) is 19.1 Å². The number of hydrogen-bond acceptors (Lipinski definition) is 2. The van der Waals surface area contributed by atoms with E-state index in [1.807, 2.05) is 36.1 Å². The number of rotatable bonds is 2. The molecule has 3 heteroatoms. The monoisotopic (exact) mass is 219 g/mol. The molecule has 1 aromatic carbocycles. The maximum atomic E-state index is 12.0. The zero-order valence-corrected chi connectivity index (χ0v) is 9.61. The highest BCUT2D eigenvalue weighted by Crippen LogP contribution is 2.30. The molecule has 0 unspecified atom stereocenters. The minimum absolute atomic E-state index is 0.195. The van der Waals surface area contributed by atoms with Gasteiger partial charge in [0.25, 0.3) is 0 Å². The number of hydrogen-bond donors (Lipinski definition) is 0. The first-order chi connectivity index (χ1) is 7.83. The van der Waals surface area contributed by atoms with Gasteiger partial charge in [-0.15, -0.1) is 0 Å². The fourth-order valence-corrected chi connectivity index (χ4v) is 1.94. The first-order valence-corrected chi connectivity index (χ1v) is 5.85. The first-order valence-electron chi connectivity index (χ1n) is 5.85. The predicted octanol–water partition coefficient (Wildman–Crippen LogP) is 2.60. The van der Waals surface area contributed by atoms with Gasteiger partial charge in [-0.2, -0.15) is 0 Å². The van der Waals surface area contributed by atoms with Crippen LogP contribution in [0.3, 0.4) is 0 Å². The van der Waals surface area contributed by atoms with E-state index in [2.05, 4.69) is 0 Å². The molecule has 1 aliphatic heterocycles. The summed E-state index contributed by atoms with van der Waals surface area (Å²) in [5, 5.41) is 0. The number of anilines is 1. The van der Waals surface area contributed by atoms with Gasteiger partial charge in [-0.05, 0) is 25.0 Å². The van der Waals surface area contributed by atoms with E-state index in [4.69, 9.17) is 4.74 Å². The Morgan fingerprint density at radius 1 is 1.44 bits per heavy atom. The van der Waals surface area contributed by atoms with Gasteiger partial charge < -0.3 is 9.64 Å². The standard InChI is InChI=1S/C13H17NO2/c1-2-6-13(15)14-9-5-10-16-12-8-4-3-7-11(12)14/h3-4,7-8H,2,5-6,9-10H2,1H3. The number of fused-ring (bicyclic) bond motifs is 1. The number of amides is 1. The molecule has 1 amide bonds. The predicted molar refractivity (Wildman–Crippen MR) is 63.8 cm³/mol. The summed E-state index contributed by atoms with van der Waals surface area (Å²) in [5.74, 6) is 1.02. The van der Waals surface area contributed by atoms with Gasteiger partial charge in [0.2, 0.25) is 5.91 Å². The Kier molecular flexibility index (Phi) is 3.44. The number of nitrogens with zero attached hydrogens (tertiary/aromatic N) is 1. The van der Waals surface area contributed by atoms with E-state index in [0.717, 1.165) is 30.8 Å². The van der Waals surface area contributed by atoms with Crippen LogP contribution < -0.4 is 9.64 Å². The van der Waals surface area contributed by atoms with Crippen molar-refractivity contribution < 1.29 is 9.53 Å². The third-order valence-electron chi connectivity index (χ3n) is 2.70. The van der Waals surface area contributed by atoms with Gasteiger partial charge in [-0.1, -0.05) is 19.1 Å². The van der Waals surface area contributed by atoms with E-state index in [9.17, 15) is 4.79 Å². The zero-order valence-electron chi connectivity index (χ0n) is 9.61. The molecule has 0 atom stereocenters. The number of carbonyl (C=O) groups excluding carboxylic acids is 1.